The quantitative estimate of drug-likeness (QED) is 0.754. The van der Waals surface area contributed by atoms with Gasteiger partial charge in [-0.25, -0.2) is 0 Å². The van der Waals surface area contributed by atoms with Gasteiger partial charge in [0.1, 0.15) is 12.4 Å². The largest absolute Gasteiger partial charge is 0.492 e. The fraction of sp³-hybridized carbons (Fsp3) is 0.562. The summed E-state index contributed by atoms with van der Waals surface area (Å²) < 4.78 is 5.62. The average Bonchev–Trinajstić information content (AvgIpc) is 2.44. The maximum absolute atomic E-state index is 11.5. The normalized spacial score (nSPS) is 10.6. The molecule has 0 aliphatic rings. The van der Waals surface area contributed by atoms with E-state index in [1.165, 1.54) is 0 Å². The molecule has 4 heteroatoms. The summed E-state index contributed by atoms with van der Waals surface area (Å²) in [5.74, 6) is 0.992. The highest BCUT2D eigenvalue weighted by Gasteiger charge is 2.01. The van der Waals surface area contributed by atoms with Crippen LogP contribution in [-0.2, 0) is 11.3 Å². The Bertz CT molecular complexity index is 388. The van der Waals surface area contributed by atoms with Crippen LogP contribution in [-0.4, -0.2) is 38.1 Å². The zero-order valence-corrected chi connectivity index (χ0v) is 12.8. The highest BCUT2D eigenvalue weighted by Crippen LogP contribution is 2.12. The Kier molecular flexibility index (Phi) is 7.73. The number of likely N-dealkylation sites (N-methyl/N-ethyl adjacent to an activating group) is 1. The monoisotopic (exact) mass is 278 g/mol. The van der Waals surface area contributed by atoms with Crippen LogP contribution in [0.5, 0.6) is 5.75 Å². The van der Waals surface area contributed by atoms with Crippen molar-refractivity contribution in [2.45, 2.75) is 32.7 Å². The van der Waals surface area contributed by atoms with Crippen molar-refractivity contribution in [1.82, 2.24) is 10.2 Å². The Morgan fingerprint density at radius 2 is 1.95 bits per heavy atom. The summed E-state index contributed by atoms with van der Waals surface area (Å²) in [6, 6.07) is 7.88. The van der Waals surface area contributed by atoms with Gasteiger partial charge in [-0.1, -0.05) is 25.5 Å². The van der Waals surface area contributed by atoms with Crippen LogP contribution in [0.1, 0.15) is 31.7 Å². The van der Waals surface area contributed by atoms with Crippen molar-refractivity contribution in [1.29, 1.82) is 0 Å². The van der Waals surface area contributed by atoms with E-state index in [1.54, 1.807) is 0 Å². The van der Waals surface area contributed by atoms with Crippen LogP contribution in [0.3, 0.4) is 0 Å². The van der Waals surface area contributed by atoms with Gasteiger partial charge in [0.15, 0.2) is 0 Å². The number of rotatable bonds is 9. The first-order valence-corrected chi connectivity index (χ1v) is 7.25. The van der Waals surface area contributed by atoms with Crippen molar-refractivity contribution in [3.8, 4) is 5.75 Å². The molecule has 20 heavy (non-hydrogen) atoms. The zero-order chi connectivity index (χ0) is 14.8. The van der Waals surface area contributed by atoms with Crippen molar-refractivity contribution in [2.75, 3.05) is 27.2 Å². The van der Waals surface area contributed by atoms with E-state index in [0.717, 1.165) is 30.7 Å². The third kappa shape index (κ3) is 7.14. The van der Waals surface area contributed by atoms with Gasteiger partial charge in [0.25, 0.3) is 0 Å². The number of hydrogen-bond acceptors (Lipinski definition) is 3. The lowest BCUT2D eigenvalue weighted by Crippen LogP contribution is -2.22. The van der Waals surface area contributed by atoms with Gasteiger partial charge in [-0.3, -0.25) is 4.79 Å². The maximum Gasteiger partial charge on any atom is 0.220 e. The Labute approximate surface area is 122 Å². The van der Waals surface area contributed by atoms with E-state index in [-0.39, 0.29) is 5.91 Å². The fourth-order valence-electron chi connectivity index (χ4n) is 1.68. The van der Waals surface area contributed by atoms with Gasteiger partial charge in [-0.15, -0.1) is 0 Å². The second kappa shape index (κ2) is 9.37. The summed E-state index contributed by atoms with van der Waals surface area (Å²) in [7, 11) is 4.04. The highest BCUT2D eigenvalue weighted by molar-refractivity contribution is 5.75. The van der Waals surface area contributed by atoms with Crippen LogP contribution in [0.15, 0.2) is 24.3 Å². The third-order valence-electron chi connectivity index (χ3n) is 2.98. The van der Waals surface area contributed by atoms with Gasteiger partial charge in [0, 0.05) is 19.5 Å². The Hall–Kier alpha value is -1.55. The molecule has 4 nitrogen and oxygen atoms in total. The number of amides is 1. The van der Waals surface area contributed by atoms with E-state index in [0.29, 0.717) is 19.6 Å². The van der Waals surface area contributed by atoms with Gasteiger partial charge < -0.3 is 15.0 Å². The van der Waals surface area contributed by atoms with Gasteiger partial charge in [-0.05, 0) is 38.2 Å². The van der Waals surface area contributed by atoms with Crippen LogP contribution in [0.2, 0.25) is 0 Å². The molecule has 0 radical (unpaired) electrons. The molecular weight excluding hydrogens is 252 g/mol. The van der Waals surface area contributed by atoms with Crippen molar-refractivity contribution < 1.29 is 9.53 Å². The van der Waals surface area contributed by atoms with Crippen LogP contribution < -0.4 is 10.1 Å². The van der Waals surface area contributed by atoms with Gasteiger partial charge in [-0.2, -0.15) is 0 Å². The predicted octanol–water partition coefficient (Wildman–Crippen LogP) is 2.43. The number of nitrogens with zero attached hydrogens (tertiary/aromatic N) is 1. The number of nitrogens with one attached hydrogen (secondary N) is 1. The molecule has 1 amide bonds. The first kappa shape index (κ1) is 16.5. The van der Waals surface area contributed by atoms with E-state index in [4.69, 9.17) is 4.74 Å². The minimum atomic E-state index is 0.123. The smallest absolute Gasteiger partial charge is 0.220 e. The van der Waals surface area contributed by atoms with Gasteiger partial charge >= 0.3 is 0 Å². The molecule has 0 aromatic heterocycles. The standard InChI is InChI=1S/C16H26N2O2/c1-4-5-6-16(19)17-13-14-7-9-15(10-8-14)20-12-11-18(2)3/h7-10H,4-6,11-13H2,1-3H3,(H,17,19). The molecule has 1 rings (SSSR count). The topological polar surface area (TPSA) is 41.6 Å². The minimum absolute atomic E-state index is 0.123. The van der Waals surface area contributed by atoms with Gasteiger partial charge in [0.2, 0.25) is 5.91 Å². The summed E-state index contributed by atoms with van der Waals surface area (Å²) in [5, 5.41) is 2.92. The predicted molar refractivity (Wildman–Crippen MR) is 81.9 cm³/mol. The molecule has 1 aromatic rings. The number of unbranched alkanes of at least 4 members (excludes halogenated alkanes) is 1. The zero-order valence-electron chi connectivity index (χ0n) is 12.8. The van der Waals surface area contributed by atoms with Crippen molar-refractivity contribution in [2.24, 2.45) is 0 Å². The lowest BCUT2D eigenvalue weighted by atomic mass is 10.2. The van der Waals surface area contributed by atoms with Crippen molar-refractivity contribution in [3.05, 3.63) is 29.8 Å². The average molecular weight is 278 g/mol. The molecule has 0 heterocycles. The maximum atomic E-state index is 11.5. The molecule has 1 aromatic carbocycles. The van der Waals surface area contributed by atoms with E-state index < -0.39 is 0 Å². The molecule has 0 aliphatic carbocycles. The molecule has 0 atom stereocenters. The molecule has 0 saturated carbocycles. The molecule has 0 fully saturated rings. The summed E-state index contributed by atoms with van der Waals surface area (Å²) in [4.78, 5) is 13.6. The molecule has 0 aliphatic heterocycles. The van der Waals surface area contributed by atoms with Crippen LogP contribution in [0.25, 0.3) is 0 Å². The molecule has 0 saturated heterocycles. The summed E-state index contributed by atoms with van der Waals surface area (Å²) in [6.07, 6.45) is 2.61. The molecule has 0 unspecified atom stereocenters. The number of ether oxygens (including phenoxy) is 1. The van der Waals surface area contributed by atoms with E-state index >= 15 is 0 Å². The Balaban J connectivity index is 2.29. The van der Waals surface area contributed by atoms with E-state index in [9.17, 15) is 4.79 Å². The molecule has 0 spiro atoms. The first-order valence-electron chi connectivity index (χ1n) is 7.25. The summed E-state index contributed by atoms with van der Waals surface area (Å²) in [6.45, 7) is 4.25. The van der Waals surface area contributed by atoms with Gasteiger partial charge in [0.05, 0.1) is 0 Å². The number of carbonyl (C=O) groups excluding carboxylic acids is 1. The lowest BCUT2D eigenvalue weighted by molar-refractivity contribution is -0.121. The summed E-state index contributed by atoms with van der Waals surface area (Å²) in [5.41, 5.74) is 1.09. The van der Waals surface area contributed by atoms with E-state index in [1.807, 2.05) is 38.4 Å². The van der Waals surface area contributed by atoms with Crippen LogP contribution >= 0.6 is 0 Å². The molecular formula is C16H26N2O2. The van der Waals surface area contributed by atoms with Crippen LogP contribution in [0, 0.1) is 0 Å². The second-order valence-corrected chi connectivity index (χ2v) is 5.18. The Morgan fingerprint density at radius 1 is 1.25 bits per heavy atom. The first-order chi connectivity index (χ1) is 9.61. The van der Waals surface area contributed by atoms with Crippen molar-refractivity contribution in [3.63, 3.8) is 0 Å². The molecule has 112 valence electrons. The number of carbonyl (C=O) groups is 1. The SMILES string of the molecule is CCCCC(=O)NCc1ccc(OCCN(C)C)cc1. The number of benzene rings is 1. The minimum Gasteiger partial charge on any atom is -0.492 e. The second-order valence-electron chi connectivity index (χ2n) is 5.18. The van der Waals surface area contributed by atoms with Crippen molar-refractivity contribution >= 4 is 5.91 Å². The highest BCUT2D eigenvalue weighted by atomic mass is 16.5. The molecule has 0 bridgehead atoms. The molecule has 1 N–H and O–H groups in total. The Morgan fingerprint density at radius 3 is 2.55 bits per heavy atom. The van der Waals surface area contributed by atoms with E-state index in [2.05, 4.69) is 17.1 Å². The third-order valence-corrected chi connectivity index (χ3v) is 2.98. The summed E-state index contributed by atoms with van der Waals surface area (Å²) >= 11 is 0. The lowest BCUT2D eigenvalue weighted by Gasteiger charge is -2.11. The fourth-order valence-corrected chi connectivity index (χ4v) is 1.68. The number of hydrogen-bond donors (Lipinski definition) is 1. The van der Waals surface area contributed by atoms with Crippen LogP contribution in [0.4, 0.5) is 0 Å².